The van der Waals surface area contributed by atoms with Crippen molar-refractivity contribution in [1.29, 1.82) is 0 Å². The molecule has 5 nitrogen and oxygen atoms in total. The molecule has 9 heterocycles. The topological polar surface area (TPSA) is 55.8 Å². The van der Waals surface area contributed by atoms with Crippen molar-refractivity contribution in [2.45, 2.75) is 285 Å². The van der Waals surface area contributed by atoms with Gasteiger partial charge in [-0.2, -0.15) is 0 Å². The average molecular weight is 1300 g/mol. The molecule has 3 aliphatic heterocycles. The van der Waals surface area contributed by atoms with E-state index in [2.05, 4.69) is 121 Å². The molecule has 5 atom stereocenters. The van der Waals surface area contributed by atoms with E-state index in [1.807, 2.05) is 56.7 Å². The van der Waals surface area contributed by atoms with E-state index >= 15 is 9.59 Å². The molecule has 9 rings (SSSR count). The summed E-state index contributed by atoms with van der Waals surface area (Å²) in [5.74, 6) is 1.45. The molecule has 0 aromatic carbocycles. The number of rotatable bonds is 33. The Morgan fingerprint density at radius 1 is 0.576 bits per heavy atom. The molecule has 0 saturated heterocycles. The van der Waals surface area contributed by atoms with E-state index in [-0.39, 0.29) is 17.2 Å². The van der Waals surface area contributed by atoms with Crippen molar-refractivity contribution < 1.29 is 19.4 Å². The first kappa shape index (κ1) is 67.2. The molecule has 13 heteroatoms. The first-order valence-corrected chi connectivity index (χ1v) is 40.8. The SMILES string of the molecule is CCCCCCCCN1C(=O)c2c(-c3cc4c(s3)-c3sc(C(C)(C)C)cc3[SiH]4CCCCCCCC)sc(C(C)(C)C(C)(CC)c3cc([C@@H](CC(CC)CCCC)C(CC)CCCC)c(-c4sc(-c5sc(C)c6c5COOC6)cc4S)s3)c2C1=O. The molecule has 0 fully saturated rings. The van der Waals surface area contributed by atoms with E-state index in [0.29, 0.717) is 48.6 Å². The van der Waals surface area contributed by atoms with E-state index in [0.717, 1.165) is 46.8 Å². The van der Waals surface area contributed by atoms with Crippen LogP contribution in [-0.4, -0.2) is 32.1 Å². The van der Waals surface area contributed by atoms with E-state index in [4.69, 9.17) is 22.4 Å². The van der Waals surface area contributed by atoms with Gasteiger partial charge in [-0.3, -0.25) is 14.5 Å². The predicted molar refractivity (Wildman–Crippen MR) is 380 cm³/mol. The van der Waals surface area contributed by atoms with Crippen LogP contribution in [0, 0.1) is 18.8 Å². The summed E-state index contributed by atoms with van der Waals surface area (Å²) in [6.45, 7) is 34.6. The van der Waals surface area contributed by atoms with Crippen LogP contribution >= 0.6 is 80.6 Å². The Morgan fingerprint density at radius 3 is 1.82 bits per heavy atom. The molecule has 3 aliphatic rings. The second kappa shape index (κ2) is 29.4. The fourth-order valence-electron chi connectivity index (χ4n) is 14.2. The van der Waals surface area contributed by atoms with Gasteiger partial charge in [0.15, 0.2) is 0 Å². The van der Waals surface area contributed by atoms with Gasteiger partial charge in [0.1, 0.15) is 22.0 Å². The highest BCUT2D eigenvalue weighted by Gasteiger charge is 2.52. The number of nitrogens with zero attached hydrogens (tertiary/aromatic N) is 1. The summed E-state index contributed by atoms with van der Waals surface area (Å²) in [6.07, 6.45) is 26.3. The molecule has 466 valence electrons. The van der Waals surface area contributed by atoms with Crippen LogP contribution in [0.1, 0.15) is 294 Å². The summed E-state index contributed by atoms with van der Waals surface area (Å²) in [6, 6.07) is 11.4. The van der Waals surface area contributed by atoms with Gasteiger partial charge in [0.05, 0.1) is 25.8 Å². The van der Waals surface area contributed by atoms with Crippen LogP contribution in [0.3, 0.4) is 0 Å². The first-order chi connectivity index (χ1) is 40.8. The first-order valence-electron chi connectivity index (χ1n) is 33.5. The molecule has 0 radical (unpaired) electrons. The second-order valence-corrected chi connectivity index (χ2v) is 37.1. The maximum Gasteiger partial charge on any atom is 0.263 e. The number of unbranched alkanes of at least 4 members (excludes halogenated alkanes) is 12. The average Bonchev–Trinajstić information content (AvgIpc) is 1.65. The van der Waals surface area contributed by atoms with Crippen molar-refractivity contribution in [1.82, 2.24) is 4.90 Å². The molecular formula is C72H103NO4S7Si. The third-order valence-corrected chi connectivity index (χ3v) is 33.3. The van der Waals surface area contributed by atoms with Crippen molar-refractivity contribution >= 4 is 112 Å². The number of hydrogen-bond donors (Lipinski definition) is 1. The molecule has 6 aromatic rings. The fourth-order valence-corrected chi connectivity index (χ4v) is 27.9. The maximum atomic E-state index is 15.6. The minimum atomic E-state index is -1.53. The lowest BCUT2D eigenvalue weighted by Crippen LogP contribution is -2.42. The largest absolute Gasteiger partial charge is 0.274 e. The number of thiol groups is 1. The van der Waals surface area contributed by atoms with Gasteiger partial charge in [-0.25, -0.2) is 9.78 Å². The van der Waals surface area contributed by atoms with Gasteiger partial charge in [-0.1, -0.05) is 212 Å². The normalized spacial score (nSPS) is 17.0. The molecule has 6 aromatic heterocycles. The van der Waals surface area contributed by atoms with Crippen LogP contribution in [-0.2, 0) is 39.2 Å². The predicted octanol–water partition coefficient (Wildman–Crippen LogP) is 23.1. The van der Waals surface area contributed by atoms with Crippen molar-refractivity contribution in [2.75, 3.05) is 6.54 Å². The van der Waals surface area contributed by atoms with Gasteiger partial charge in [0.2, 0.25) is 0 Å². The lowest BCUT2D eigenvalue weighted by atomic mass is 9.62. The van der Waals surface area contributed by atoms with E-state index in [1.54, 1.807) is 26.6 Å². The third kappa shape index (κ3) is 13.7. The number of carbonyl (C=O) groups is 2. The molecule has 85 heavy (non-hydrogen) atoms. The molecule has 0 bridgehead atoms. The number of imide groups is 1. The Bertz CT molecular complexity index is 3230. The van der Waals surface area contributed by atoms with Crippen LogP contribution in [0.2, 0.25) is 6.04 Å². The monoisotopic (exact) mass is 1300 g/mol. The smallest absolute Gasteiger partial charge is 0.263 e. The minimum absolute atomic E-state index is 0.0758. The Hall–Kier alpha value is -2.17. The highest BCUT2D eigenvalue weighted by molar-refractivity contribution is 7.80. The number of thiophene rings is 6. The zero-order valence-electron chi connectivity index (χ0n) is 54.5. The summed E-state index contributed by atoms with van der Waals surface area (Å²) in [7, 11) is -1.53. The minimum Gasteiger partial charge on any atom is -0.274 e. The van der Waals surface area contributed by atoms with Crippen LogP contribution < -0.4 is 10.4 Å². The maximum absolute atomic E-state index is 15.6. The molecule has 0 aliphatic carbocycles. The summed E-state index contributed by atoms with van der Waals surface area (Å²) >= 11 is 17.0. The number of fused-ring (bicyclic) bond motifs is 5. The highest BCUT2D eigenvalue weighted by atomic mass is 32.1. The van der Waals surface area contributed by atoms with Crippen molar-refractivity contribution in [2.24, 2.45) is 11.8 Å². The molecular weight excluding hydrogens is 1200 g/mol. The Balaban J connectivity index is 1.20. The van der Waals surface area contributed by atoms with Gasteiger partial charge in [-0.15, -0.1) is 80.6 Å². The molecule has 4 unspecified atom stereocenters. The van der Waals surface area contributed by atoms with Gasteiger partial charge < -0.3 is 0 Å². The number of carbonyl (C=O) groups excluding carboxylic acids is 2. The van der Waals surface area contributed by atoms with Gasteiger partial charge in [-0.05, 0) is 96.0 Å². The lowest BCUT2D eigenvalue weighted by molar-refractivity contribution is -0.321. The zero-order chi connectivity index (χ0) is 61.0. The number of aryl methyl sites for hydroxylation is 1. The van der Waals surface area contributed by atoms with Crippen molar-refractivity contribution in [3.8, 4) is 39.0 Å². The van der Waals surface area contributed by atoms with Crippen LogP contribution in [0.4, 0.5) is 0 Å². The van der Waals surface area contributed by atoms with E-state index in [1.165, 1.54) is 181 Å². The van der Waals surface area contributed by atoms with Gasteiger partial charge in [0.25, 0.3) is 11.8 Å². The van der Waals surface area contributed by atoms with Crippen LogP contribution in [0.15, 0.2) is 29.2 Å². The molecule has 0 saturated carbocycles. The van der Waals surface area contributed by atoms with Crippen molar-refractivity contribution in [3.05, 3.63) is 71.6 Å². The summed E-state index contributed by atoms with van der Waals surface area (Å²) in [5.41, 5.74) is 4.53. The lowest BCUT2D eigenvalue weighted by Gasteiger charge is -2.43. The molecule has 0 N–H and O–H groups in total. The highest BCUT2D eigenvalue weighted by Crippen LogP contribution is 2.60. The quantitative estimate of drug-likeness (QED) is 0.0147. The van der Waals surface area contributed by atoms with Crippen LogP contribution in [0.25, 0.3) is 39.0 Å². The Morgan fingerprint density at radius 2 is 1.16 bits per heavy atom. The van der Waals surface area contributed by atoms with Crippen LogP contribution in [0.5, 0.6) is 0 Å². The summed E-state index contributed by atoms with van der Waals surface area (Å²) in [5, 5.41) is 3.23. The van der Waals surface area contributed by atoms with Gasteiger partial charge >= 0.3 is 0 Å². The summed E-state index contributed by atoms with van der Waals surface area (Å²) < 4.78 is 0. The van der Waals surface area contributed by atoms with E-state index in [9.17, 15) is 0 Å². The standard InChI is InChI=1S/C72H103NO4S7Si/c1-15-22-26-28-30-32-36-73-68(74)59-60(69(73)75)67(84-64(59)54-41-55-65(81-54)66-56(42-57(82-66)70(9,10)11)85(55)37-33-31-29-27-23-16-2)71(12,13)72(14,21-7)58-39-49(48(47(20-6)35-25-18-4)38-46(19-5)34-24-17-3)62(83-58)63-52(78)40-53(80-63)61-51-44-77-76-43-50(51)45(8)79-61/h39-42,46-48,78,85H,15-38,43-44H2,1-14H3/t46?,47?,48-,72?,85?/m0/s1. The van der Waals surface area contributed by atoms with Crippen molar-refractivity contribution in [3.63, 3.8) is 0 Å². The van der Waals surface area contributed by atoms with E-state index < -0.39 is 19.6 Å². The third-order valence-electron chi connectivity index (χ3n) is 20.3. The second-order valence-electron chi connectivity index (χ2n) is 27.3. The Labute approximate surface area is 544 Å². The Kier molecular flexibility index (Phi) is 23.3. The van der Waals surface area contributed by atoms with Gasteiger partial charge in [0, 0.05) is 77.3 Å². The molecule has 2 amide bonds. The zero-order valence-corrected chi connectivity index (χ0v) is 61.4. The summed E-state index contributed by atoms with van der Waals surface area (Å²) in [4.78, 5) is 60.5. The fraction of sp³-hybridized carbons (Fsp3) is 0.639. The number of amides is 2. The number of hydrogen-bond acceptors (Lipinski definition) is 11. The molecule has 0 spiro atoms.